The first-order valence-corrected chi connectivity index (χ1v) is 7.20. The van der Waals surface area contributed by atoms with E-state index in [4.69, 9.17) is 10.5 Å². The minimum absolute atomic E-state index is 0.493. The van der Waals surface area contributed by atoms with E-state index in [-0.39, 0.29) is 0 Å². The van der Waals surface area contributed by atoms with Gasteiger partial charge in [-0.3, -0.25) is 0 Å². The molecule has 1 aromatic heterocycles. The molecule has 0 aromatic carbocycles. The Balaban J connectivity index is 2.17. The van der Waals surface area contributed by atoms with Crippen LogP contribution in [0.4, 0.5) is 11.5 Å². The molecule has 5 heteroatoms. The minimum atomic E-state index is 0.493. The third kappa shape index (κ3) is 3.28. The van der Waals surface area contributed by atoms with Gasteiger partial charge in [0.05, 0.1) is 6.61 Å². The first-order chi connectivity index (χ1) is 9.24. The summed E-state index contributed by atoms with van der Waals surface area (Å²) in [7, 11) is 2.07. The number of nitrogens with zero attached hydrogens (tertiary/aromatic N) is 3. The minimum Gasteiger partial charge on any atom is -0.476 e. The molecular weight excluding hydrogens is 240 g/mol. The van der Waals surface area contributed by atoms with E-state index in [1.54, 1.807) is 0 Å². The molecule has 0 amide bonds. The zero-order valence-electron chi connectivity index (χ0n) is 11.9. The zero-order valence-corrected chi connectivity index (χ0v) is 11.9. The average Bonchev–Trinajstić information content (AvgIpc) is 2.69. The molecule has 0 spiro atoms. The van der Waals surface area contributed by atoms with E-state index < -0.39 is 0 Å². The molecule has 0 aliphatic heterocycles. The SMILES string of the molecule is CCOc1ncnc(N(C)C2CCCCCC2)c1N. The maximum atomic E-state index is 6.12. The highest BCUT2D eigenvalue weighted by Crippen LogP contribution is 2.31. The predicted molar refractivity (Wildman–Crippen MR) is 77.5 cm³/mol. The van der Waals surface area contributed by atoms with E-state index in [2.05, 4.69) is 21.9 Å². The normalized spacial score (nSPS) is 16.9. The molecule has 1 aliphatic carbocycles. The fourth-order valence-corrected chi connectivity index (χ4v) is 2.72. The van der Waals surface area contributed by atoms with Gasteiger partial charge >= 0.3 is 0 Å². The number of aromatic nitrogens is 2. The van der Waals surface area contributed by atoms with Crippen LogP contribution in [0.2, 0.25) is 0 Å². The van der Waals surface area contributed by atoms with Gasteiger partial charge in [0.25, 0.3) is 0 Å². The first kappa shape index (κ1) is 13.9. The fraction of sp³-hybridized carbons (Fsp3) is 0.714. The van der Waals surface area contributed by atoms with Gasteiger partial charge in [-0.2, -0.15) is 4.98 Å². The molecule has 0 bridgehead atoms. The van der Waals surface area contributed by atoms with Crippen LogP contribution in [0.3, 0.4) is 0 Å². The molecule has 0 saturated heterocycles. The topological polar surface area (TPSA) is 64.3 Å². The van der Waals surface area contributed by atoms with Crippen LogP contribution in [0.1, 0.15) is 45.4 Å². The Labute approximate surface area is 115 Å². The largest absolute Gasteiger partial charge is 0.476 e. The van der Waals surface area contributed by atoms with Crippen LogP contribution in [-0.4, -0.2) is 29.7 Å². The molecule has 2 rings (SSSR count). The van der Waals surface area contributed by atoms with E-state index in [1.807, 2.05) is 6.92 Å². The highest BCUT2D eigenvalue weighted by molar-refractivity contribution is 5.67. The molecule has 0 unspecified atom stereocenters. The highest BCUT2D eigenvalue weighted by atomic mass is 16.5. The van der Waals surface area contributed by atoms with Crippen LogP contribution < -0.4 is 15.4 Å². The van der Waals surface area contributed by atoms with E-state index >= 15 is 0 Å². The lowest BCUT2D eigenvalue weighted by Crippen LogP contribution is -2.32. The van der Waals surface area contributed by atoms with Gasteiger partial charge in [-0.05, 0) is 19.8 Å². The van der Waals surface area contributed by atoms with Gasteiger partial charge in [-0.25, -0.2) is 4.98 Å². The number of rotatable bonds is 4. The van der Waals surface area contributed by atoms with Gasteiger partial charge in [0.1, 0.15) is 12.0 Å². The second-order valence-corrected chi connectivity index (χ2v) is 5.11. The number of nitrogens with two attached hydrogens (primary N) is 1. The molecule has 1 heterocycles. The monoisotopic (exact) mass is 264 g/mol. The Hall–Kier alpha value is -1.52. The molecule has 106 valence electrons. The number of hydrogen-bond donors (Lipinski definition) is 1. The summed E-state index contributed by atoms with van der Waals surface area (Å²) in [6, 6.07) is 0.522. The number of anilines is 2. The standard InChI is InChI=1S/C14H24N4O/c1-3-19-14-12(15)13(16-10-17-14)18(2)11-8-6-4-5-7-9-11/h10-11H,3-9,15H2,1-2H3. The van der Waals surface area contributed by atoms with Crippen molar-refractivity contribution in [1.29, 1.82) is 0 Å². The molecule has 1 aliphatic rings. The summed E-state index contributed by atoms with van der Waals surface area (Å²) >= 11 is 0. The molecule has 19 heavy (non-hydrogen) atoms. The van der Waals surface area contributed by atoms with Gasteiger partial charge < -0.3 is 15.4 Å². The molecule has 2 N–H and O–H groups in total. The average molecular weight is 264 g/mol. The Kier molecular flexibility index (Phi) is 4.82. The summed E-state index contributed by atoms with van der Waals surface area (Å²) in [5, 5.41) is 0. The van der Waals surface area contributed by atoms with Crippen LogP contribution in [0.5, 0.6) is 5.88 Å². The molecular formula is C14H24N4O. The van der Waals surface area contributed by atoms with Gasteiger partial charge in [-0.15, -0.1) is 0 Å². The zero-order chi connectivity index (χ0) is 13.7. The summed E-state index contributed by atoms with van der Waals surface area (Å²) in [5.74, 6) is 1.29. The van der Waals surface area contributed by atoms with E-state index in [0.717, 1.165) is 5.82 Å². The molecule has 5 nitrogen and oxygen atoms in total. The third-order valence-corrected chi connectivity index (χ3v) is 3.81. The lowest BCUT2D eigenvalue weighted by Gasteiger charge is -2.29. The van der Waals surface area contributed by atoms with Crippen molar-refractivity contribution in [3.63, 3.8) is 0 Å². The lowest BCUT2D eigenvalue weighted by molar-refractivity contribution is 0.328. The quantitative estimate of drug-likeness (QED) is 0.847. The van der Waals surface area contributed by atoms with Crippen molar-refractivity contribution in [2.24, 2.45) is 0 Å². The van der Waals surface area contributed by atoms with Crippen molar-refractivity contribution in [3.8, 4) is 5.88 Å². The van der Waals surface area contributed by atoms with Crippen molar-refractivity contribution >= 4 is 11.5 Å². The van der Waals surface area contributed by atoms with Crippen molar-refractivity contribution < 1.29 is 4.74 Å². The lowest BCUT2D eigenvalue weighted by atomic mass is 10.1. The molecule has 1 fully saturated rings. The molecule has 1 aromatic rings. The number of ether oxygens (including phenoxy) is 1. The van der Waals surface area contributed by atoms with Crippen LogP contribution in [0.15, 0.2) is 6.33 Å². The van der Waals surface area contributed by atoms with Crippen molar-refractivity contribution in [1.82, 2.24) is 9.97 Å². The van der Waals surface area contributed by atoms with Crippen LogP contribution in [0.25, 0.3) is 0 Å². The maximum Gasteiger partial charge on any atom is 0.242 e. The third-order valence-electron chi connectivity index (χ3n) is 3.81. The van der Waals surface area contributed by atoms with E-state index in [0.29, 0.717) is 24.2 Å². The Morgan fingerprint density at radius 1 is 1.26 bits per heavy atom. The van der Waals surface area contributed by atoms with Crippen molar-refractivity contribution in [2.75, 3.05) is 24.3 Å². The summed E-state index contributed by atoms with van der Waals surface area (Å²) < 4.78 is 5.44. The van der Waals surface area contributed by atoms with Gasteiger partial charge in [-0.1, -0.05) is 25.7 Å². The van der Waals surface area contributed by atoms with Crippen LogP contribution >= 0.6 is 0 Å². The van der Waals surface area contributed by atoms with E-state index in [1.165, 1.54) is 44.9 Å². The summed E-state index contributed by atoms with van der Waals surface area (Å²) in [5.41, 5.74) is 6.68. The first-order valence-electron chi connectivity index (χ1n) is 7.20. The van der Waals surface area contributed by atoms with Crippen molar-refractivity contribution in [3.05, 3.63) is 6.33 Å². The van der Waals surface area contributed by atoms with Gasteiger partial charge in [0.15, 0.2) is 5.82 Å². The molecule has 1 saturated carbocycles. The second kappa shape index (κ2) is 6.59. The van der Waals surface area contributed by atoms with Crippen LogP contribution in [0, 0.1) is 0 Å². The number of nitrogen functional groups attached to an aromatic ring is 1. The molecule has 0 atom stereocenters. The van der Waals surface area contributed by atoms with Gasteiger partial charge in [0.2, 0.25) is 5.88 Å². The Bertz CT molecular complexity index is 402. The van der Waals surface area contributed by atoms with Gasteiger partial charge in [0, 0.05) is 13.1 Å². The summed E-state index contributed by atoms with van der Waals surface area (Å²) in [6.07, 6.45) is 9.22. The smallest absolute Gasteiger partial charge is 0.242 e. The number of hydrogen-bond acceptors (Lipinski definition) is 5. The van der Waals surface area contributed by atoms with E-state index in [9.17, 15) is 0 Å². The summed E-state index contributed by atoms with van der Waals surface area (Å²) in [6.45, 7) is 2.49. The Morgan fingerprint density at radius 2 is 1.95 bits per heavy atom. The fourth-order valence-electron chi connectivity index (χ4n) is 2.72. The highest BCUT2D eigenvalue weighted by Gasteiger charge is 2.21. The predicted octanol–water partition coefficient (Wildman–Crippen LogP) is 2.62. The Morgan fingerprint density at radius 3 is 2.58 bits per heavy atom. The maximum absolute atomic E-state index is 6.12. The molecule has 0 radical (unpaired) electrons. The van der Waals surface area contributed by atoms with Crippen molar-refractivity contribution in [2.45, 2.75) is 51.5 Å². The summed E-state index contributed by atoms with van der Waals surface area (Å²) in [4.78, 5) is 10.6. The van der Waals surface area contributed by atoms with Crippen LogP contribution in [-0.2, 0) is 0 Å². The second-order valence-electron chi connectivity index (χ2n) is 5.11.